The van der Waals surface area contributed by atoms with Crippen LogP contribution in [-0.2, 0) is 6.54 Å². The average molecular weight is 223 g/mol. The third kappa shape index (κ3) is 3.63. The van der Waals surface area contributed by atoms with Crippen LogP contribution in [0.2, 0.25) is 0 Å². The number of aromatic nitrogens is 2. The van der Waals surface area contributed by atoms with Gasteiger partial charge in [-0.1, -0.05) is 13.8 Å². The fourth-order valence-electron chi connectivity index (χ4n) is 2.15. The van der Waals surface area contributed by atoms with Gasteiger partial charge in [-0.25, -0.2) is 0 Å². The van der Waals surface area contributed by atoms with E-state index in [9.17, 15) is 0 Å². The maximum atomic E-state index is 4.32. The van der Waals surface area contributed by atoms with Gasteiger partial charge in [0.25, 0.3) is 0 Å². The van der Waals surface area contributed by atoms with Crippen LogP contribution in [0, 0.1) is 0 Å². The lowest BCUT2D eigenvalue weighted by Crippen LogP contribution is -2.28. The minimum atomic E-state index is 0.571. The molecular formula is C13H25N3. The second kappa shape index (κ2) is 6.69. The third-order valence-electron chi connectivity index (χ3n) is 3.00. The van der Waals surface area contributed by atoms with Crippen molar-refractivity contribution >= 4 is 0 Å². The molecule has 0 fully saturated rings. The van der Waals surface area contributed by atoms with Crippen LogP contribution in [0.25, 0.3) is 0 Å². The fourth-order valence-corrected chi connectivity index (χ4v) is 2.15. The van der Waals surface area contributed by atoms with Gasteiger partial charge in [0, 0.05) is 24.5 Å². The lowest BCUT2D eigenvalue weighted by atomic mass is 9.99. The predicted molar refractivity (Wildman–Crippen MR) is 68.7 cm³/mol. The van der Waals surface area contributed by atoms with Gasteiger partial charge in [0.05, 0.1) is 0 Å². The van der Waals surface area contributed by atoms with Gasteiger partial charge in [0.1, 0.15) is 0 Å². The summed E-state index contributed by atoms with van der Waals surface area (Å²) in [5, 5.41) is 7.85. The molecule has 0 amide bonds. The van der Waals surface area contributed by atoms with Crippen LogP contribution < -0.4 is 5.32 Å². The standard InChI is InChI=1S/C13H25N3/c1-5-8-14-12(4)10-11(3)13-7-9-15-16(13)6-2/h7,9,11-12,14H,5-6,8,10H2,1-4H3. The van der Waals surface area contributed by atoms with Gasteiger partial charge >= 0.3 is 0 Å². The van der Waals surface area contributed by atoms with Crippen LogP contribution in [0.1, 0.15) is 52.1 Å². The van der Waals surface area contributed by atoms with Crippen molar-refractivity contribution in [1.82, 2.24) is 15.1 Å². The zero-order valence-corrected chi connectivity index (χ0v) is 11.0. The molecule has 1 aromatic heterocycles. The molecule has 0 bridgehead atoms. The van der Waals surface area contributed by atoms with Crippen LogP contribution in [0.4, 0.5) is 0 Å². The van der Waals surface area contributed by atoms with E-state index >= 15 is 0 Å². The highest BCUT2D eigenvalue weighted by Crippen LogP contribution is 2.20. The van der Waals surface area contributed by atoms with Gasteiger partial charge in [-0.05, 0) is 45.2 Å². The zero-order valence-electron chi connectivity index (χ0n) is 11.0. The smallest absolute Gasteiger partial charge is 0.0492 e. The number of hydrogen-bond acceptors (Lipinski definition) is 2. The summed E-state index contributed by atoms with van der Waals surface area (Å²) in [5.74, 6) is 0.571. The molecule has 92 valence electrons. The van der Waals surface area contributed by atoms with Crippen molar-refractivity contribution in [1.29, 1.82) is 0 Å². The minimum Gasteiger partial charge on any atom is -0.314 e. The summed E-state index contributed by atoms with van der Waals surface area (Å²) in [5.41, 5.74) is 1.35. The Bertz CT molecular complexity index is 293. The molecule has 0 aliphatic heterocycles. The monoisotopic (exact) mass is 223 g/mol. The Morgan fingerprint density at radius 1 is 1.38 bits per heavy atom. The zero-order chi connectivity index (χ0) is 12.0. The van der Waals surface area contributed by atoms with E-state index in [2.05, 4.69) is 48.9 Å². The first-order chi connectivity index (χ1) is 7.69. The van der Waals surface area contributed by atoms with Crippen molar-refractivity contribution in [2.45, 2.75) is 59.0 Å². The van der Waals surface area contributed by atoms with Gasteiger partial charge < -0.3 is 5.32 Å². The van der Waals surface area contributed by atoms with E-state index in [1.807, 2.05) is 6.20 Å². The highest BCUT2D eigenvalue weighted by atomic mass is 15.3. The molecule has 1 aromatic rings. The predicted octanol–water partition coefficient (Wildman–Crippen LogP) is 2.78. The molecule has 1 rings (SSSR count). The molecule has 3 heteroatoms. The third-order valence-corrected chi connectivity index (χ3v) is 3.00. The van der Waals surface area contributed by atoms with Crippen molar-refractivity contribution in [3.63, 3.8) is 0 Å². The van der Waals surface area contributed by atoms with Gasteiger partial charge in [0.2, 0.25) is 0 Å². The molecule has 1 N–H and O–H groups in total. The second-order valence-corrected chi connectivity index (χ2v) is 4.56. The average Bonchev–Trinajstić information content (AvgIpc) is 2.74. The van der Waals surface area contributed by atoms with Gasteiger partial charge in [-0.15, -0.1) is 0 Å². The van der Waals surface area contributed by atoms with Crippen molar-refractivity contribution in [3.05, 3.63) is 18.0 Å². The van der Waals surface area contributed by atoms with E-state index in [1.54, 1.807) is 0 Å². The van der Waals surface area contributed by atoms with E-state index in [4.69, 9.17) is 0 Å². The first-order valence-corrected chi connectivity index (χ1v) is 6.44. The van der Waals surface area contributed by atoms with Crippen molar-refractivity contribution in [2.24, 2.45) is 0 Å². The second-order valence-electron chi connectivity index (χ2n) is 4.56. The topological polar surface area (TPSA) is 29.9 Å². The molecule has 2 unspecified atom stereocenters. The van der Waals surface area contributed by atoms with Crippen LogP contribution >= 0.6 is 0 Å². The Labute approximate surface area is 99.2 Å². The molecule has 0 spiro atoms. The number of nitrogens with one attached hydrogen (secondary N) is 1. The molecule has 2 atom stereocenters. The molecule has 0 saturated carbocycles. The quantitative estimate of drug-likeness (QED) is 0.770. The molecule has 0 aliphatic carbocycles. The Kier molecular flexibility index (Phi) is 5.53. The maximum absolute atomic E-state index is 4.32. The highest BCUT2D eigenvalue weighted by Gasteiger charge is 2.13. The Morgan fingerprint density at radius 3 is 2.75 bits per heavy atom. The largest absolute Gasteiger partial charge is 0.314 e. The highest BCUT2D eigenvalue weighted by molar-refractivity contribution is 5.07. The normalized spacial score (nSPS) is 15.0. The van der Waals surface area contributed by atoms with Gasteiger partial charge in [-0.2, -0.15) is 5.10 Å². The summed E-state index contributed by atoms with van der Waals surface area (Å²) in [6.45, 7) is 11.0. The van der Waals surface area contributed by atoms with Crippen molar-refractivity contribution in [3.8, 4) is 0 Å². The lowest BCUT2D eigenvalue weighted by Gasteiger charge is -2.19. The van der Waals surface area contributed by atoms with E-state index in [0.717, 1.165) is 13.1 Å². The summed E-state index contributed by atoms with van der Waals surface area (Å²) in [6.07, 6.45) is 4.27. The van der Waals surface area contributed by atoms with Gasteiger partial charge in [0.15, 0.2) is 0 Å². The number of hydrogen-bond donors (Lipinski definition) is 1. The fraction of sp³-hybridized carbons (Fsp3) is 0.769. The number of aryl methyl sites for hydroxylation is 1. The SMILES string of the molecule is CCCNC(C)CC(C)c1ccnn1CC. The summed E-state index contributed by atoms with van der Waals surface area (Å²) >= 11 is 0. The van der Waals surface area contributed by atoms with Crippen LogP contribution in [0.3, 0.4) is 0 Å². The van der Waals surface area contributed by atoms with Crippen molar-refractivity contribution in [2.75, 3.05) is 6.54 Å². The molecular weight excluding hydrogens is 198 g/mol. The molecule has 0 saturated heterocycles. The summed E-state index contributed by atoms with van der Waals surface area (Å²) in [7, 11) is 0. The van der Waals surface area contributed by atoms with E-state index < -0.39 is 0 Å². The molecule has 1 heterocycles. The van der Waals surface area contributed by atoms with Crippen LogP contribution in [0.5, 0.6) is 0 Å². The van der Waals surface area contributed by atoms with Crippen LogP contribution in [-0.4, -0.2) is 22.4 Å². The summed E-state index contributed by atoms with van der Waals surface area (Å²) in [4.78, 5) is 0. The molecule has 0 aliphatic rings. The summed E-state index contributed by atoms with van der Waals surface area (Å²) in [6, 6.07) is 2.72. The minimum absolute atomic E-state index is 0.571. The number of nitrogens with zero attached hydrogens (tertiary/aromatic N) is 2. The molecule has 0 radical (unpaired) electrons. The number of rotatable bonds is 7. The first kappa shape index (κ1) is 13.2. The summed E-state index contributed by atoms with van der Waals surface area (Å²) < 4.78 is 2.09. The van der Waals surface area contributed by atoms with E-state index in [-0.39, 0.29) is 0 Å². The van der Waals surface area contributed by atoms with Gasteiger partial charge in [-0.3, -0.25) is 4.68 Å². The van der Waals surface area contributed by atoms with E-state index in [0.29, 0.717) is 12.0 Å². The van der Waals surface area contributed by atoms with E-state index in [1.165, 1.54) is 18.5 Å². The molecule has 3 nitrogen and oxygen atoms in total. The van der Waals surface area contributed by atoms with Crippen molar-refractivity contribution < 1.29 is 0 Å². The Balaban J connectivity index is 2.48. The Hall–Kier alpha value is -0.830. The maximum Gasteiger partial charge on any atom is 0.0492 e. The first-order valence-electron chi connectivity index (χ1n) is 6.44. The van der Waals surface area contributed by atoms with Crippen LogP contribution in [0.15, 0.2) is 12.3 Å². The molecule has 16 heavy (non-hydrogen) atoms. The lowest BCUT2D eigenvalue weighted by molar-refractivity contribution is 0.460. The Morgan fingerprint density at radius 2 is 2.12 bits per heavy atom. The molecule has 0 aromatic carbocycles.